The van der Waals surface area contributed by atoms with Gasteiger partial charge in [0, 0.05) is 0 Å². The molecule has 0 unspecified atom stereocenters. The van der Waals surface area contributed by atoms with Crippen molar-refractivity contribution in [2.75, 3.05) is 0 Å². The van der Waals surface area contributed by atoms with Crippen LogP contribution in [-0.4, -0.2) is 42.3 Å². The largest absolute Gasteiger partial charge is 0.430 e. The quantitative estimate of drug-likeness (QED) is 0.397. The average molecular weight is 433 g/mol. The first-order chi connectivity index (χ1) is 11.1. The Bertz CT molecular complexity index is 457. The third kappa shape index (κ3) is 8.88. The van der Waals surface area contributed by atoms with Crippen molar-refractivity contribution in [3.63, 3.8) is 0 Å². The maximum atomic E-state index is 6.43. The van der Waals surface area contributed by atoms with Crippen LogP contribution in [0.4, 0.5) is 0 Å². The SMILES string of the molecule is C=C[Si](C)(C=C)O[Si](C)(C)O[Si](C)(C)O[Si](C)(C)O[Si](C)(C=C)C=C. The highest BCUT2D eigenvalue weighted by atomic mass is 28.5. The molecule has 0 aromatic carbocycles. The summed E-state index contributed by atoms with van der Waals surface area (Å²) in [5.74, 6) is 0. The predicted molar refractivity (Wildman–Crippen MR) is 121 cm³/mol. The molecule has 0 atom stereocenters. The summed E-state index contributed by atoms with van der Waals surface area (Å²) in [5, 5.41) is 0. The second kappa shape index (κ2) is 8.72. The zero-order valence-electron chi connectivity index (χ0n) is 17.3. The fourth-order valence-corrected chi connectivity index (χ4v) is 23.9. The molecule has 0 saturated carbocycles. The molecule has 0 heterocycles. The molecule has 0 rings (SSSR count). The van der Waals surface area contributed by atoms with E-state index in [9.17, 15) is 0 Å². The lowest BCUT2D eigenvalue weighted by Gasteiger charge is -2.41. The molecule has 0 N–H and O–H groups in total. The summed E-state index contributed by atoms with van der Waals surface area (Å²) in [5.41, 5.74) is 7.50. The van der Waals surface area contributed by atoms with Gasteiger partial charge in [0.05, 0.1) is 0 Å². The van der Waals surface area contributed by atoms with Crippen LogP contribution in [0, 0.1) is 0 Å². The lowest BCUT2D eigenvalue weighted by atomic mass is 11.2. The maximum Gasteiger partial charge on any atom is 0.314 e. The lowest BCUT2D eigenvalue weighted by Crippen LogP contribution is -2.58. The second-order valence-corrected chi connectivity index (χ2v) is 25.8. The third-order valence-corrected chi connectivity index (χ3v) is 22.1. The third-order valence-electron chi connectivity index (χ3n) is 3.54. The summed E-state index contributed by atoms with van der Waals surface area (Å²) >= 11 is 0. The van der Waals surface area contributed by atoms with Crippen LogP contribution in [0.3, 0.4) is 0 Å². The zero-order chi connectivity index (χ0) is 20.2. The predicted octanol–water partition coefficient (Wildman–Crippen LogP) is 5.21. The number of hydrogen-bond acceptors (Lipinski definition) is 4. The zero-order valence-corrected chi connectivity index (χ0v) is 22.3. The van der Waals surface area contributed by atoms with E-state index >= 15 is 0 Å². The first-order valence-electron chi connectivity index (χ1n) is 8.42. The van der Waals surface area contributed by atoms with Crippen LogP contribution >= 0.6 is 0 Å². The van der Waals surface area contributed by atoms with Crippen molar-refractivity contribution in [1.82, 2.24) is 0 Å². The van der Waals surface area contributed by atoms with Crippen molar-refractivity contribution in [1.29, 1.82) is 0 Å². The Morgan fingerprint density at radius 1 is 0.440 bits per heavy atom. The summed E-state index contributed by atoms with van der Waals surface area (Å²) in [6.07, 6.45) is 0. The number of rotatable bonds is 12. The van der Waals surface area contributed by atoms with E-state index in [0.717, 1.165) is 0 Å². The van der Waals surface area contributed by atoms with Crippen molar-refractivity contribution < 1.29 is 16.5 Å². The molecule has 144 valence electrons. The lowest BCUT2D eigenvalue weighted by molar-refractivity contribution is 0.302. The molecule has 0 aromatic rings. The van der Waals surface area contributed by atoms with Crippen LogP contribution in [0.2, 0.25) is 52.4 Å². The van der Waals surface area contributed by atoms with E-state index in [2.05, 4.69) is 39.4 Å². The molecule has 25 heavy (non-hydrogen) atoms. The van der Waals surface area contributed by atoms with E-state index in [-0.39, 0.29) is 0 Å². The molecule has 0 radical (unpaired) electrons. The summed E-state index contributed by atoms with van der Waals surface area (Å²) < 4.78 is 25.6. The molecular formula is C16H36O4Si5. The van der Waals surface area contributed by atoms with Crippen LogP contribution in [0.1, 0.15) is 0 Å². The molecule has 0 saturated heterocycles. The van der Waals surface area contributed by atoms with E-state index in [1.54, 1.807) is 0 Å². The van der Waals surface area contributed by atoms with Gasteiger partial charge >= 0.3 is 25.7 Å². The van der Waals surface area contributed by atoms with Gasteiger partial charge in [0.1, 0.15) is 0 Å². The van der Waals surface area contributed by atoms with Gasteiger partial charge in [0.25, 0.3) is 0 Å². The van der Waals surface area contributed by atoms with Crippen LogP contribution in [0.25, 0.3) is 0 Å². The Kier molecular flexibility index (Phi) is 8.67. The molecule has 9 heteroatoms. The normalized spacial score (nSPS) is 14.1. The highest BCUT2D eigenvalue weighted by Gasteiger charge is 2.45. The van der Waals surface area contributed by atoms with Gasteiger partial charge in [-0.1, -0.05) is 22.8 Å². The van der Waals surface area contributed by atoms with Crippen molar-refractivity contribution >= 4 is 42.3 Å². The van der Waals surface area contributed by atoms with Gasteiger partial charge in [-0.05, 0) is 52.4 Å². The fraction of sp³-hybridized carbons (Fsp3) is 0.500. The van der Waals surface area contributed by atoms with Gasteiger partial charge in [-0.15, -0.1) is 26.3 Å². The molecule has 0 amide bonds. The van der Waals surface area contributed by atoms with E-state index in [4.69, 9.17) is 16.5 Å². The topological polar surface area (TPSA) is 36.9 Å². The Balaban J connectivity index is 5.18. The Labute approximate surface area is 160 Å². The Morgan fingerprint density at radius 2 is 0.640 bits per heavy atom. The smallest absolute Gasteiger partial charge is 0.314 e. The summed E-state index contributed by atoms with van der Waals surface area (Å²) in [6, 6.07) is 0. The van der Waals surface area contributed by atoms with Gasteiger partial charge in [0.15, 0.2) is 0 Å². The van der Waals surface area contributed by atoms with E-state index < -0.39 is 42.3 Å². The minimum Gasteiger partial charge on any atom is -0.430 e. The van der Waals surface area contributed by atoms with Crippen molar-refractivity contribution in [3.05, 3.63) is 49.1 Å². The van der Waals surface area contributed by atoms with E-state index in [1.807, 2.05) is 62.1 Å². The minimum atomic E-state index is -2.44. The first-order valence-corrected chi connectivity index (χ1v) is 22.0. The van der Waals surface area contributed by atoms with Gasteiger partial charge in [-0.2, -0.15) is 0 Å². The molecular weight excluding hydrogens is 397 g/mol. The fourth-order valence-electron chi connectivity index (χ4n) is 2.64. The van der Waals surface area contributed by atoms with Crippen molar-refractivity contribution in [2.24, 2.45) is 0 Å². The Hall–Kier alpha value is -0.116. The summed E-state index contributed by atoms with van der Waals surface area (Å²) in [6.45, 7) is 32.0. The van der Waals surface area contributed by atoms with Gasteiger partial charge in [0.2, 0.25) is 16.6 Å². The van der Waals surface area contributed by atoms with E-state index in [1.165, 1.54) is 0 Å². The van der Waals surface area contributed by atoms with Crippen molar-refractivity contribution in [3.8, 4) is 0 Å². The van der Waals surface area contributed by atoms with Gasteiger partial charge in [-0.3, -0.25) is 0 Å². The van der Waals surface area contributed by atoms with Crippen LogP contribution in [0.15, 0.2) is 49.1 Å². The summed E-state index contributed by atoms with van der Waals surface area (Å²) in [7, 11) is -11.5. The molecule has 0 bridgehead atoms. The van der Waals surface area contributed by atoms with Crippen LogP contribution in [0.5, 0.6) is 0 Å². The average Bonchev–Trinajstić information content (AvgIpc) is 2.43. The molecule has 0 aromatic heterocycles. The van der Waals surface area contributed by atoms with Gasteiger partial charge in [-0.25, -0.2) is 0 Å². The standard InChI is InChI=1S/C16H36O4Si5/c1-13-24(11,14-2)19-22(7,8)17-21(5,6)18-23(9,10)20-25(12,15-3)16-4/h13-16H,1-4H2,5-12H3. The highest BCUT2D eigenvalue weighted by Crippen LogP contribution is 2.26. The monoisotopic (exact) mass is 432 g/mol. The molecule has 4 nitrogen and oxygen atoms in total. The minimum absolute atomic E-state index is 1.88. The molecule has 0 fully saturated rings. The number of hydrogen-bond donors (Lipinski definition) is 0. The first kappa shape index (κ1) is 24.9. The molecule has 0 spiro atoms. The molecule has 0 aliphatic rings. The molecule has 0 aliphatic carbocycles. The van der Waals surface area contributed by atoms with Crippen LogP contribution in [-0.2, 0) is 16.5 Å². The van der Waals surface area contributed by atoms with Gasteiger partial charge < -0.3 is 16.5 Å². The molecule has 0 aliphatic heterocycles. The van der Waals surface area contributed by atoms with Crippen LogP contribution < -0.4 is 0 Å². The maximum absolute atomic E-state index is 6.43. The summed E-state index contributed by atoms with van der Waals surface area (Å²) in [4.78, 5) is 0. The van der Waals surface area contributed by atoms with Crippen molar-refractivity contribution in [2.45, 2.75) is 52.4 Å². The van der Waals surface area contributed by atoms with E-state index in [0.29, 0.717) is 0 Å². The second-order valence-electron chi connectivity index (χ2n) is 7.79. The Morgan fingerprint density at radius 3 is 0.840 bits per heavy atom. The highest BCUT2D eigenvalue weighted by molar-refractivity contribution is 6.94.